The molecule has 1 rings (SSSR count). The van der Waals surface area contributed by atoms with E-state index < -0.39 is 0 Å². The predicted octanol–water partition coefficient (Wildman–Crippen LogP) is 1.54. The Bertz CT molecular complexity index is 174. The fourth-order valence-electron chi connectivity index (χ4n) is 2.36. The maximum absolute atomic E-state index is 11.0. The number of amides is 1. The lowest BCUT2D eigenvalue weighted by Crippen LogP contribution is -2.34. The van der Waals surface area contributed by atoms with Crippen molar-refractivity contribution in [3.05, 3.63) is 0 Å². The Morgan fingerprint density at radius 1 is 1.55 bits per heavy atom. The molecular formula is C9H17NO. The van der Waals surface area contributed by atoms with Crippen LogP contribution in [0.4, 0.5) is 0 Å². The molecule has 2 atom stereocenters. The van der Waals surface area contributed by atoms with Gasteiger partial charge in [0.2, 0.25) is 5.91 Å². The van der Waals surface area contributed by atoms with Crippen molar-refractivity contribution in [1.29, 1.82) is 0 Å². The summed E-state index contributed by atoms with van der Waals surface area (Å²) in [4.78, 5) is 11.0. The first kappa shape index (κ1) is 8.57. The number of primary amides is 1. The van der Waals surface area contributed by atoms with Gasteiger partial charge in [-0.1, -0.05) is 20.8 Å². The van der Waals surface area contributed by atoms with Gasteiger partial charge >= 0.3 is 0 Å². The molecule has 0 aliphatic heterocycles. The second-order valence-electron chi connectivity index (χ2n) is 4.38. The van der Waals surface area contributed by atoms with E-state index in [1.54, 1.807) is 0 Å². The fourth-order valence-corrected chi connectivity index (χ4v) is 2.36. The van der Waals surface area contributed by atoms with Gasteiger partial charge in [-0.15, -0.1) is 0 Å². The van der Waals surface area contributed by atoms with Crippen molar-refractivity contribution in [2.75, 3.05) is 0 Å². The minimum atomic E-state index is -0.125. The summed E-state index contributed by atoms with van der Waals surface area (Å²) in [6.07, 6.45) is 2.27. The van der Waals surface area contributed by atoms with Crippen molar-refractivity contribution in [2.45, 2.75) is 33.6 Å². The summed E-state index contributed by atoms with van der Waals surface area (Å²) in [7, 11) is 0. The quantitative estimate of drug-likeness (QED) is 0.613. The molecule has 1 aliphatic carbocycles. The molecule has 2 N–H and O–H groups in total. The van der Waals surface area contributed by atoms with Crippen molar-refractivity contribution in [3.63, 3.8) is 0 Å². The number of nitrogens with two attached hydrogens (primary N) is 1. The van der Waals surface area contributed by atoms with Gasteiger partial charge in [0.15, 0.2) is 0 Å². The summed E-state index contributed by atoms with van der Waals surface area (Å²) in [6, 6.07) is 0. The van der Waals surface area contributed by atoms with E-state index in [1.165, 1.54) is 0 Å². The smallest absolute Gasteiger partial charge is 0.221 e. The van der Waals surface area contributed by atoms with Gasteiger partial charge in [-0.05, 0) is 24.2 Å². The van der Waals surface area contributed by atoms with Gasteiger partial charge in [-0.25, -0.2) is 0 Å². The van der Waals surface area contributed by atoms with Crippen LogP contribution < -0.4 is 5.73 Å². The van der Waals surface area contributed by atoms with Gasteiger partial charge in [0.05, 0.1) is 0 Å². The normalized spacial score (nSPS) is 35.5. The summed E-state index contributed by atoms with van der Waals surface area (Å²) < 4.78 is 0. The lowest BCUT2D eigenvalue weighted by atomic mass is 9.79. The van der Waals surface area contributed by atoms with Gasteiger partial charge in [-0.3, -0.25) is 4.79 Å². The molecule has 2 unspecified atom stereocenters. The molecular weight excluding hydrogens is 138 g/mol. The highest BCUT2D eigenvalue weighted by atomic mass is 16.1. The molecule has 1 aliphatic rings. The molecule has 1 amide bonds. The maximum Gasteiger partial charge on any atom is 0.221 e. The van der Waals surface area contributed by atoms with E-state index >= 15 is 0 Å². The average molecular weight is 155 g/mol. The second kappa shape index (κ2) is 2.50. The third kappa shape index (κ3) is 1.39. The highest BCUT2D eigenvalue weighted by molar-refractivity contribution is 5.78. The van der Waals surface area contributed by atoms with Gasteiger partial charge in [0, 0.05) is 5.92 Å². The van der Waals surface area contributed by atoms with Crippen LogP contribution in [0.2, 0.25) is 0 Å². The number of hydrogen-bond acceptors (Lipinski definition) is 1. The fraction of sp³-hybridized carbons (Fsp3) is 0.889. The third-order valence-corrected chi connectivity index (χ3v) is 2.96. The molecule has 1 saturated carbocycles. The summed E-state index contributed by atoms with van der Waals surface area (Å²) in [5.74, 6) is 0.435. The van der Waals surface area contributed by atoms with Crippen LogP contribution >= 0.6 is 0 Å². The van der Waals surface area contributed by atoms with E-state index in [9.17, 15) is 4.79 Å². The van der Waals surface area contributed by atoms with Crippen LogP contribution in [-0.2, 0) is 4.79 Å². The van der Waals surface area contributed by atoms with Crippen molar-refractivity contribution in [2.24, 2.45) is 23.0 Å². The first-order valence-corrected chi connectivity index (χ1v) is 4.24. The summed E-state index contributed by atoms with van der Waals surface area (Å²) in [6.45, 7) is 6.38. The maximum atomic E-state index is 11.0. The second-order valence-corrected chi connectivity index (χ2v) is 4.38. The lowest BCUT2D eigenvalue weighted by Gasteiger charge is -2.26. The molecule has 2 nitrogen and oxygen atoms in total. The summed E-state index contributed by atoms with van der Waals surface area (Å²) >= 11 is 0. The van der Waals surface area contributed by atoms with Gasteiger partial charge in [0.25, 0.3) is 0 Å². The Morgan fingerprint density at radius 3 is 2.27 bits per heavy atom. The van der Waals surface area contributed by atoms with Crippen LogP contribution in [0.15, 0.2) is 0 Å². The SMILES string of the molecule is CC1CCC(C)(C)C1C(N)=O. The molecule has 0 aromatic carbocycles. The van der Waals surface area contributed by atoms with Crippen LogP contribution in [0.25, 0.3) is 0 Å². The zero-order valence-corrected chi connectivity index (χ0v) is 7.55. The number of rotatable bonds is 1. The largest absolute Gasteiger partial charge is 0.369 e. The molecule has 0 aromatic rings. The molecule has 0 heterocycles. The minimum Gasteiger partial charge on any atom is -0.369 e. The van der Waals surface area contributed by atoms with Gasteiger partial charge in [0.1, 0.15) is 0 Å². The Labute approximate surface area is 68.2 Å². The third-order valence-electron chi connectivity index (χ3n) is 2.96. The zero-order valence-electron chi connectivity index (χ0n) is 7.55. The number of carbonyl (C=O) groups is 1. The zero-order chi connectivity index (χ0) is 8.65. The van der Waals surface area contributed by atoms with Crippen molar-refractivity contribution in [3.8, 4) is 0 Å². The molecule has 0 saturated heterocycles. The standard InChI is InChI=1S/C9H17NO/c1-6-4-5-9(2,3)7(6)8(10)11/h6-7H,4-5H2,1-3H3,(H2,10,11). The van der Waals surface area contributed by atoms with Crippen molar-refractivity contribution < 1.29 is 4.79 Å². The first-order valence-electron chi connectivity index (χ1n) is 4.24. The number of hydrogen-bond donors (Lipinski definition) is 1. The van der Waals surface area contributed by atoms with E-state index in [-0.39, 0.29) is 17.2 Å². The van der Waals surface area contributed by atoms with Gasteiger partial charge < -0.3 is 5.73 Å². The Hall–Kier alpha value is -0.530. The van der Waals surface area contributed by atoms with Crippen LogP contribution in [-0.4, -0.2) is 5.91 Å². The molecule has 0 aromatic heterocycles. The first-order chi connectivity index (χ1) is 4.95. The van der Waals surface area contributed by atoms with Crippen LogP contribution in [0, 0.1) is 17.3 Å². The van der Waals surface area contributed by atoms with E-state index in [4.69, 9.17) is 5.73 Å². The molecule has 0 bridgehead atoms. The molecule has 0 radical (unpaired) electrons. The Kier molecular flexibility index (Phi) is 1.95. The average Bonchev–Trinajstić information content (AvgIpc) is 2.06. The molecule has 2 heteroatoms. The topological polar surface area (TPSA) is 43.1 Å². The Balaban J connectivity index is 2.80. The Morgan fingerprint density at radius 2 is 2.09 bits per heavy atom. The predicted molar refractivity (Wildman–Crippen MR) is 44.9 cm³/mol. The van der Waals surface area contributed by atoms with E-state index in [0.717, 1.165) is 12.8 Å². The lowest BCUT2D eigenvalue weighted by molar-refractivity contribution is -0.125. The summed E-state index contributed by atoms with van der Waals surface area (Å²) in [5, 5.41) is 0. The molecule has 0 spiro atoms. The summed E-state index contributed by atoms with van der Waals surface area (Å²) in [5.41, 5.74) is 5.46. The monoisotopic (exact) mass is 155 g/mol. The van der Waals surface area contributed by atoms with E-state index in [1.807, 2.05) is 0 Å². The van der Waals surface area contributed by atoms with Crippen molar-refractivity contribution in [1.82, 2.24) is 0 Å². The number of carbonyl (C=O) groups excluding carboxylic acids is 1. The van der Waals surface area contributed by atoms with Crippen molar-refractivity contribution >= 4 is 5.91 Å². The van der Waals surface area contributed by atoms with E-state index in [2.05, 4.69) is 20.8 Å². The molecule has 1 fully saturated rings. The minimum absolute atomic E-state index is 0.0856. The highest BCUT2D eigenvalue weighted by Gasteiger charge is 2.42. The molecule has 11 heavy (non-hydrogen) atoms. The van der Waals surface area contributed by atoms with Crippen LogP contribution in [0.1, 0.15) is 33.6 Å². The van der Waals surface area contributed by atoms with Crippen LogP contribution in [0.5, 0.6) is 0 Å². The van der Waals surface area contributed by atoms with E-state index in [0.29, 0.717) is 5.92 Å². The van der Waals surface area contributed by atoms with Crippen LogP contribution in [0.3, 0.4) is 0 Å². The molecule has 64 valence electrons. The van der Waals surface area contributed by atoms with Gasteiger partial charge in [-0.2, -0.15) is 0 Å². The highest BCUT2D eigenvalue weighted by Crippen LogP contribution is 2.45.